The number of aromatic nitrogens is 1. The van der Waals surface area contributed by atoms with E-state index in [2.05, 4.69) is 20.2 Å². The van der Waals surface area contributed by atoms with Crippen LogP contribution in [0.3, 0.4) is 0 Å². The molecule has 0 amide bonds. The highest BCUT2D eigenvalue weighted by molar-refractivity contribution is 7.17. The van der Waals surface area contributed by atoms with Crippen molar-refractivity contribution in [2.75, 3.05) is 25.6 Å². The van der Waals surface area contributed by atoms with Crippen LogP contribution in [0.2, 0.25) is 0 Å². The van der Waals surface area contributed by atoms with Crippen LogP contribution in [0.15, 0.2) is 0 Å². The van der Waals surface area contributed by atoms with Crippen LogP contribution < -0.4 is 5.43 Å². The first kappa shape index (κ1) is 14.0. The van der Waals surface area contributed by atoms with Gasteiger partial charge in [-0.15, -0.1) is 0 Å². The maximum Gasteiger partial charge on any atom is 0.358 e. The summed E-state index contributed by atoms with van der Waals surface area (Å²) in [6, 6.07) is 0. The molecule has 0 saturated carbocycles. The molecule has 104 valence electrons. The largest absolute Gasteiger partial charge is 0.464 e. The molecule has 0 spiro atoms. The molecule has 6 nitrogen and oxygen atoms in total. The average Bonchev–Trinajstić information content (AvgIpc) is 2.83. The number of nitrogens with zero attached hydrogens (tertiary/aromatic N) is 2. The summed E-state index contributed by atoms with van der Waals surface area (Å²) in [5.74, 6) is -0.752. The summed E-state index contributed by atoms with van der Waals surface area (Å²) >= 11 is 1.19. The van der Waals surface area contributed by atoms with Crippen LogP contribution in [0.1, 0.15) is 46.3 Å². The normalized spacial score (nSPS) is 16.1. The highest BCUT2D eigenvalue weighted by Crippen LogP contribution is 2.25. The quantitative estimate of drug-likeness (QED) is 0.672. The van der Waals surface area contributed by atoms with E-state index in [-0.39, 0.29) is 11.5 Å². The molecule has 1 aliphatic rings. The molecule has 1 aliphatic heterocycles. The summed E-state index contributed by atoms with van der Waals surface area (Å²) in [6.07, 6.45) is 3.52. The Hall–Kier alpha value is -1.47. The summed E-state index contributed by atoms with van der Waals surface area (Å²) in [4.78, 5) is 27.6. The number of nitrogens with one attached hydrogen (secondary N) is 1. The number of ether oxygens (including phenoxy) is 1. The highest BCUT2D eigenvalue weighted by Gasteiger charge is 2.22. The van der Waals surface area contributed by atoms with Crippen LogP contribution in [-0.4, -0.2) is 41.9 Å². The third-order valence-corrected chi connectivity index (χ3v) is 4.00. The predicted octanol–water partition coefficient (Wildman–Crippen LogP) is 1.95. The minimum atomic E-state index is -0.576. The third kappa shape index (κ3) is 3.30. The van der Waals surface area contributed by atoms with Crippen LogP contribution in [0, 0.1) is 0 Å². The molecule has 1 aromatic heterocycles. The molecule has 0 radical (unpaired) electrons. The second kappa shape index (κ2) is 6.12. The summed E-state index contributed by atoms with van der Waals surface area (Å²) in [7, 11) is 1.28. The van der Waals surface area contributed by atoms with Gasteiger partial charge in [-0.25, -0.2) is 14.8 Å². The number of rotatable bonds is 4. The van der Waals surface area contributed by atoms with E-state index in [1.807, 2.05) is 0 Å². The molecule has 2 rings (SSSR count). The van der Waals surface area contributed by atoms with Gasteiger partial charge in [-0.2, -0.15) is 0 Å². The number of esters is 1. The van der Waals surface area contributed by atoms with Crippen molar-refractivity contribution >= 4 is 28.2 Å². The first-order valence-corrected chi connectivity index (χ1v) is 7.05. The second-order valence-corrected chi connectivity index (χ2v) is 5.40. The van der Waals surface area contributed by atoms with E-state index in [1.54, 1.807) is 0 Å². The van der Waals surface area contributed by atoms with Crippen LogP contribution >= 0.6 is 11.3 Å². The molecular weight excluding hydrogens is 266 g/mol. The van der Waals surface area contributed by atoms with E-state index in [9.17, 15) is 9.59 Å². The molecule has 0 aromatic carbocycles. The molecule has 1 saturated heterocycles. The van der Waals surface area contributed by atoms with Crippen molar-refractivity contribution in [3.63, 3.8) is 0 Å². The number of Topliss-reactive ketones (excluding diaryl/α,β-unsaturated/α-hetero) is 1. The minimum Gasteiger partial charge on any atom is -0.464 e. The van der Waals surface area contributed by atoms with Crippen molar-refractivity contribution in [2.24, 2.45) is 0 Å². The Kier molecular flexibility index (Phi) is 4.49. The number of piperidine rings is 1. The molecule has 1 aromatic rings. The topological polar surface area (TPSA) is 71.5 Å². The lowest BCUT2D eigenvalue weighted by atomic mass is 10.2. The number of carbonyl (C=O) groups is 2. The van der Waals surface area contributed by atoms with Gasteiger partial charge in [0.05, 0.1) is 7.11 Å². The van der Waals surface area contributed by atoms with Crippen molar-refractivity contribution in [1.82, 2.24) is 9.99 Å². The van der Waals surface area contributed by atoms with Gasteiger partial charge >= 0.3 is 5.97 Å². The van der Waals surface area contributed by atoms with Crippen LogP contribution in [0.25, 0.3) is 0 Å². The van der Waals surface area contributed by atoms with E-state index in [4.69, 9.17) is 0 Å². The van der Waals surface area contributed by atoms with E-state index >= 15 is 0 Å². The van der Waals surface area contributed by atoms with E-state index in [1.165, 1.54) is 31.8 Å². The van der Waals surface area contributed by atoms with Crippen LogP contribution in [0.5, 0.6) is 0 Å². The SMILES string of the molecule is COC(=O)c1nc(NN2CCCCC2)sc1C(C)=O. The fourth-order valence-electron chi connectivity index (χ4n) is 1.98. The first-order valence-electron chi connectivity index (χ1n) is 6.23. The lowest BCUT2D eigenvalue weighted by Gasteiger charge is -2.26. The fourth-order valence-corrected chi connectivity index (χ4v) is 2.86. The van der Waals surface area contributed by atoms with Gasteiger partial charge in [-0.3, -0.25) is 10.2 Å². The summed E-state index contributed by atoms with van der Waals surface area (Å²) in [5.41, 5.74) is 3.25. The minimum absolute atomic E-state index is 0.0968. The Labute approximate surface area is 115 Å². The monoisotopic (exact) mass is 283 g/mol. The Morgan fingerprint density at radius 3 is 2.58 bits per heavy atom. The van der Waals surface area contributed by atoms with Crippen molar-refractivity contribution in [1.29, 1.82) is 0 Å². The Bertz CT molecular complexity index is 481. The molecule has 0 atom stereocenters. The van der Waals surface area contributed by atoms with E-state index < -0.39 is 5.97 Å². The van der Waals surface area contributed by atoms with Gasteiger partial charge in [0.15, 0.2) is 16.6 Å². The number of anilines is 1. The number of hydrogen-bond acceptors (Lipinski definition) is 7. The fraction of sp³-hybridized carbons (Fsp3) is 0.583. The number of hydrazine groups is 1. The van der Waals surface area contributed by atoms with Gasteiger partial charge in [0.2, 0.25) is 0 Å². The molecule has 0 unspecified atom stereocenters. The Morgan fingerprint density at radius 1 is 1.32 bits per heavy atom. The van der Waals surface area contributed by atoms with Crippen molar-refractivity contribution in [3.05, 3.63) is 10.6 Å². The maximum absolute atomic E-state index is 11.6. The van der Waals surface area contributed by atoms with Gasteiger partial charge in [0.1, 0.15) is 4.88 Å². The number of carbonyl (C=O) groups excluding carboxylic acids is 2. The van der Waals surface area contributed by atoms with Crippen molar-refractivity contribution < 1.29 is 14.3 Å². The number of hydrogen-bond donors (Lipinski definition) is 1. The van der Waals surface area contributed by atoms with E-state index in [0.717, 1.165) is 25.9 Å². The maximum atomic E-state index is 11.6. The molecule has 0 bridgehead atoms. The second-order valence-electron chi connectivity index (χ2n) is 4.40. The molecule has 7 heteroatoms. The Balaban J connectivity index is 2.17. The zero-order valence-corrected chi connectivity index (χ0v) is 11.9. The van der Waals surface area contributed by atoms with Gasteiger partial charge in [0.25, 0.3) is 0 Å². The average molecular weight is 283 g/mol. The summed E-state index contributed by atoms with van der Waals surface area (Å²) < 4.78 is 4.64. The van der Waals surface area contributed by atoms with Crippen molar-refractivity contribution in [3.8, 4) is 0 Å². The zero-order chi connectivity index (χ0) is 13.8. The van der Waals surface area contributed by atoms with E-state index in [0.29, 0.717) is 10.0 Å². The molecule has 1 fully saturated rings. The molecule has 1 N–H and O–H groups in total. The third-order valence-electron chi connectivity index (χ3n) is 2.94. The summed E-state index contributed by atoms with van der Waals surface area (Å²) in [6.45, 7) is 3.32. The molecule has 0 aliphatic carbocycles. The first-order chi connectivity index (χ1) is 9.11. The molecule has 2 heterocycles. The smallest absolute Gasteiger partial charge is 0.358 e. The predicted molar refractivity (Wildman–Crippen MR) is 72.5 cm³/mol. The van der Waals surface area contributed by atoms with Crippen molar-refractivity contribution in [2.45, 2.75) is 26.2 Å². The number of methoxy groups -OCH3 is 1. The van der Waals surface area contributed by atoms with Gasteiger partial charge in [0, 0.05) is 20.0 Å². The Morgan fingerprint density at radius 2 is 2.00 bits per heavy atom. The zero-order valence-electron chi connectivity index (χ0n) is 11.1. The van der Waals surface area contributed by atoms with Gasteiger partial charge in [-0.1, -0.05) is 17.8 Å². The lowest BCUT2D eigenvalue weighted by Crippen LogP contribution is -2.34. The van der Waals surface area contributed by atoms with Gasteiger partial charge < -0.3 is 4.74 Å². The number of ketones is 1. The lowest BCUT2D eigenvalue weighted by molar-refractivity contribution is 0.0591. The summed E-state index contributed by atoms with van der Waals surface area (Å²) in [5, 5.41) is 2.63. The number of thiazole rings is 1. The van der Waals surface area contributed by atoms with Crippen LogP contribution in [-0.2, 0) is 4.74 Å². The van der Waals surface area contributed by atoms with Crippen LogP contribution in [0.4, 0.5) is 5.13 Å². The molecular formula is C12H17N3O3S. The highest BCUT2D eigenvalue weighted by atomic mass is 32.1. The molecule has 19 heavy (non-hydrogen) atoms. The standard InChI is InChI=1S/C12H17N3O3S/c1-8(16)10-9(11(17)18-2)13-12(19-10)14-15-6-4-3-5-7-15/h3-7H2,1-2H3,(H,13,14). The van der Waals surface area contributed by atoms with Gasteiger partial charge in [-0.05, 0) is 12.8 Å².